The van der Waals surface area contributed by atoms with Crippen LogP contribution >= 0.6 is 23.2 Å². The van der Waals surface area contributed by atoms with Crippen LogP contribution in [0.5, 0.6) is 11.5 Å². The molecule has 0 fully saturated rings. The summed E-state index contributed by atoms with van der Waals surface area (Å²) in [6.07, 6.45) is 0.753. The van der Waals surface area contributed by atoms with E-state index < -0.39 is 10.0 Å². The van der Waals surface area contributed by atoms with Crippen LogP contribution in [0.3, 0.4) is 0 Å². The average molecular weight is 509 g/mol. The lowest BCUT2D eigenvalue weighted by atomic mass is 10.1. The fourth-order valence-corrected chi connectivity index (χ4v) is 4.20. The number of hydrogen-bond acceptors (Lipinski definition) is 5. The van der Waals surface area contributed by atoms with E-state index >= 15 is 0 Å². The zero-order chi connectivity index (χ0) is 23.8. The van der Waals surface area contributed by atoms with Crippen LogP contribution in [0.4, 0.5) is 0 Å². The number of benzene rings is 3. The van der Waals surface area contributed by atoms with Gasteiger partial charge < -0.3 is 14.8 Å². The Morgan fingerprint density at radius 1 is 0.909 bits per heavy atom. The van der Waals surface area contributed by atoms with Crippen LogP contribution in [-0.2, 0) is 29.6 Å². The Bertz CT molecular complexity index is 1170. The first-order valence-electron chi connectivity index (χ1n) is 10.4. The highest BCUT2D eigenvalue weighted by Gasteiger charge is 2.11. The molecule has 6 nitrogen and oxygen atoms in total. The fraction of sp³-hybridized carbons (Fsp3) is 0.250. The first kappa shape index (κ1) is 25.3. The Labute approximate surface area is 204 Å². The minimum Gasteiger partial charge on any atom is -0.490 e. The number of rotatable bonds is 11. The average Bonchev–Trinajstić information content (AvgIpc) is 2.77. The standard InChI is InChI=1S/C24H26Cl2N2O4S/c1-2-31-24-14-18(8-11-23(24)32-16-20-21(25)4-3-5-22(20)26)15-28-13-12-17-6-9-19(10-7-17)33(27,29)30/h3-11,14,28H,2,12-13,15-16H2,1H3,(H2,27,29,30). The van der Waals surface area contributed by atoms with E-state index in [0.29, 0.717) is 34.7 Å². The van der Waals surface area contributed by atoms with Crippen molar-refractivity contribution >= 4 is 33.2 Å². The highest BCUT2D eigenvalue weighted by Crippen LogP contribution is 2.31. The molecule has 176 valence electrons. The highest BCUT2D eigenvalue weighted by atomic mass is 35.5. The summed E-state index contributed by atoms with van der Waals surface area (Å²) in [6.45, 7) is 4.03. The molecule has 0 heterocycles. The number of ether oxygens (including phenoxy) is 2. The molecule has 0 aliphatic heterocycles. The van der Waals surface area contributed by atoms with Crippen LogP contribution in [0.1, 0.15) is 23.6 Å². The van der Waals surface area contributed by atoms with Crippen molar-refractivity contribution in [1.29, 1.82) is 0 Å². The smallest absolute Gasteiger partial charge is 0.238 e. The monoisotopic (exact) mass is 508 g/mol. The zero-order valence-electron chi connectivity index (χ0n) is 18.2. The van der Waals surface area contributed by atoms with Gasteiger partial charge >= 0.3 is 0 Å². The van der Waals surface area contributed by atoms with Crippen molar-refractivity contribution in [3.8, 4) is 11.5 Å². The summed E-state index contributed by atoms with van der Waals surface area (Å²) >= 11 is 12.5. The van der Waals surface area contributed by atoms with E-state index in [1.807, 2.05) is 25.1 Å². The van der Waals surface area contributed by atoms with Gasteiger partial charge in [0.25, 0.3) is 0 Å². The van der Waals surface area contributed by atoms with Gasteiger partial charge in [-0.2, -0.15) is 0 Å². The van der Waals surface area contributed by atoms with Gasteiger partial charge in [0.15, 0.2) is 11.5 Å². The molecule has 0 saturated heterocycles. The first-order valence-corrected chi connectivity index (χ1v) is 12.7. The molecule has 0 saturated carbocycles. The third kappa shape index (κ3) is 7.35. The van der Waals surface area contributed by atoms with Crippen molar-refractivity contribution in [2.75, 3.05) is 13.2 Å². The van der Waals surface area contributed by atoms with Gasteiger partial charge in [0.05, 0.1) is 11.5 Å². The molecule has 0 aromatic heterocycles. The molecule has 9 heteroatoms. The predicted molar refractivity (Wildman–Crippen MR) is 132 cm³/mol. The van der Waals surface area contributed by atoms with E-state index in [4.69, 9.17) is 37.8 Å². The van der Waals surface area contributed by atoms with Crippen LogP contribution < -0.4 is 19.9 Å². The summed E-state index contributed by atoms with van der Waals surface area (Å²) in [4.78, 5) is 0.113. The summed E-state index contributed by atoms with van der Waals surface area (Å²) in [5, 5.41) is 9.62. The number of sulfonamides is 1. The van der Waals surface area contributed by atoms with E-state index in [2.05, 4.69) is 5.32 Å². The molecule has 3 rings (SSSR count). The van der Waals surface area contributed by atoms with Crippen LogP contribution in [0.2, 0.25) is 10.0 Å². The van der Waals surface area contributed by atoms with Gasteiger partial charge in [0.1, 0.15) is 6.61 Å². The molecule has 33 heavy (non-hydrogen) atoms. The van der Waals surface area contributed by atoms with Gasteiger partial charge in [-0.15, -0.1) is 0 Å². The number of halogens is 2. The third-order valence-electron chi connectivity index (χ3n) is 4.91. The van der Waals surface area contributed by atoms with Crippen molar-refractivity contribution < 1.29 is 17.9 Å². The second kappa shape index (κ2) is 11.7. The van der Waals surface area contributed by atoms with Gasteiger partial charge in [-0.1, -0.05) is 47.5 Å². The Balaban J connectivity index is 1.56. The number of nitrogens with two attached hydrogens (primary N) is 1. The maximum absolute atomic E-state index is 11.3. The van der Waals surface area contributed by atoms with E-state index in [0.717, 1.165) is 29.7 Å². The minimum absolute atomic E-state index is 0.113. The summed E-state index contributed by atoms with van der Waals surface area (Å²) in [7, 11) is -3.67. The maximum atomic E-state index is 11.3. The number of primary sulfonamides is 1. The van der Waals surface area contributed by atoms with Gasteiger partial charge in [0, 0.05) is 22.2 Å². The zero-order valence-corrected chi connectivity index (χ0v) is 20.5. The minimum atomic E-state index is -3.67. The molecular formula is C24H26Cl2N2O4S. The second-order valence-electron chi connectivity index (χ2n) is 7.32. The number of nitrogens with one attached hydrogen (secondary N) is 1. The lowest BCUT2D eigenvalue weighted by Gasteiger charge is -2.15. The van der Waals surface area contributed by atoms with E-state index in [9.17, 15) is 8.42 Å². The molecule has 0 unspecified atom stereocenters. The Kier molecular flexibility index (Phi) is 9.00. The molecule has 0 aliphatic rings. The molecule has 0 atom stereocenters. The van der Waals surface area contributed by atoms with E-state index in [-0.39, 0.29) is 11.5 Å². The van der Waals surface area contributed by atoms with Crippen LogP contribution in [-0.4, -0.2) is 21.6 Å². The normalized spacial score (nSPS) is 11.4. The molecule has 0 aliphatic carbocycles. The molecule has 3 N–H and O–H groups in total. The highest BCUT2D eigenvalue weighted by molar-refractivity contribution is 7.89. The van der Waals surface area contributed by atoms with Crippen molar-refractivity contribution in [3.63, 3.8) is 0 Å². The molecule has 0 bridgehead atoms. The predicted octanol–water partition coefficient (Wildman–Crippen LogP) is 4.95. The summed E-state index contributed by atoms with van der Waals surface area (Å²) in [6, 6.07) is 17.7. The Morgan fingerprint density at radius 2 is 1.58 bits per heavy atom. The van der Waals surface area contributed by atoms with Crippen molar-refractivity contribution in [2.24, 2.45) is 5.14 Å². The largest absolute Gasteiger partial charge is 0.490 e. The SMILES string of the molecule is CCOc1cc(CNCCc2ccc(S(N)(=O)=O)cc2)ccc1OCc1c(Cl)cccc1Cl. The van der Waals surface area contributed by atoms with Crippen molar-refractivity contribution in [1.82, 2.24) is 5.32 Å². The van der Waals surface area contributed by atoms with Crippen LogP contribution in [0.25, 0.3) is 0 Å². The third-order valence-corrected chi connectivity index (χ3v) is 6.55. The fourth-order valence-electron chi connectivity index (χ4n) is 3.18. The second-order valence-corrected chi connectivity index (χ2v) is 9.69. The topological polar surface area (TPSA) is 90.6 Å². The summed E-state index contributed by atoms with van der Waals surface area (Å²) < 4.78 is 34.4. The lowest BCUT2D eigenvalue weighted by molar-refractivity contribution is 0.269. The Hall–Kier alpha value is -2.29. The van der Waals surface area contributed by atoms with Gasteiger partial charge in [0.2, 0.25) is 10.0 Å². The molecule has 3 aromatic carbocycles. The summed E-state index contributed by atoms with van der Waals surface area (Å²) in [5.74, 6) is 1.27. The summed E-state index contributed by atoms with van der Waals surface area (Å²) in [5.41, 5.74) is 2.80. The molecular weight excluding hydrogens is 483 g/mol. The van der Waals surface area contributed by atoms with Crippen molar-refractivity contribution in [3.05, 3.63) is 87.4 Å². The van der Waals surface area contributed by atoms with Gasteiger partial charge in [-0.05, 0) is 67.4 Å². The van der Waals surface area contributed by atoms with Crippen LogP contribution in [0.15, 0.2) is 65.6 Å². The van der Waals surface area contributed by atoms with Gasteiger partial charge in [-0.3, -0.25) is 0 Å². The quantitative estimate of drug-likeness (QED) is 0.357. The lowest BCUT2D eigenvalue weighted by Crippen LogP contribution is -2.17. The first-order chi connectivity index (χ1) is 15.8. The molecule has 0 radical (unpaired) electrons. The van der Waals surface area contributed by atoms with Gasteiger partial charge in [-0.25, -0.2) is 13.6 Å². The molecule has 3 aromatic rings. The van der Waals surface area contributed by atoms with E-state index in [1.54, 1.807) is 30.3 Å². The van der Waals surface area contributed by atoms with E-state index in [1.165, 1.54) is 12.1 Å². The van der Waals surface area contributed by atoms with Crippen molar-refractivity contribution in [2.45, 2.75) is 31.4 Å². The Morgan fingerprint density at radius 3 is 2.21 bits per heavy atom. The van der Waals surface area contributed by atoms with Crippen LogP contribution in [0, 0.1) is 0 Å². The molecule has 0 spiro atoms. The number of hydrogen-bond donors (Lipinski definition) is 2. The maximum Gasteiger partial charge on any atom is 0.238 e. The molecule has 0 amide bonds.